The van der Waals surface area contributed by atoms with E-state index in [-0.39, 0.29) is 5.69 Å². The Labute approximate surface area is 145 Å². The maximum absolute atomic E-state index is 12.3. The highest BCUT2D eigenvalue weighted by Crippen LogP contribution is 2.36. The summed E-state index contributed by atoms with van der Waals surface area (Å²) in [6.07, 6.45) is 3.99. The molecule has 4 nitrogen and oxygen atoms in total. The maximum atomic E-state index is 12.3. The fraction of sp³-hybridized carbons (Fsp3) is 0.368. The molecule has 0 amide bonds. The molecule has 0 aliphatic rings. The third kappa shape index (κ3) is 3.36. The number of rotatable bonds is 7. The molecule has 24 heavy (non-hydrogen) atoms. The summed E-state index contributed by atoms with van der Waals surface area (Å²) in [7, 11) is 0. The van der Waals surface area contributed by atoms with Crippen molar-refractivity contribution in [2.24, 2.45) is 0 Å². The molecule has 0 saturated carbocycles. The number of carbonyl (C=O) groups excluding carboxylic acids is 1. The van der Waals surface area contributed by atoms with E-state index >= 15 is 0 Å². The molecule has 0 atom stereocenters. The monoisotopic (exact) mass is 343 g/mol. The molecule has 0 aliphatic carbocycles. The molecule has 3 rings (SSSR count). The van der Waals surface area contributed by atoms with Crippen LogP contribution >= 0.6 is 11.3 Å². The summed E-state index contributed by atoms with van der Waals surface area (Å²) >= 11 is 1.63. The van der Waals surface area contributed by atoms with Crippen molar-refractivity contribution in [3.05, 3.63) is 41.2 Å². The van der Waals surface area contributed by atoms with Gasteiger partial charge in [0.05, 0.1) is 6.61 Å². The van der Waals surface area contributed by atoms with Crippen LogP contribution in [0.25, 0.3) is 21.4 Å². The number of ether oxygens (including phenoxy) is 1. The van der Waals surface area contributed by atoms with Gasteiger partial charge in [-0.05, 0) is 19.4 Å². The van der Waals surface area contributed by atoms with Crippen LogP contribution in [0.3, 0.4) is 0 Å². The summed E-state index contributed by atoms with van der Waals surface area (Å²) in [5.74, 6) is 0.711. The number of thiophene rings is 1. The average molecular weight is 343 g/mol. The van der Waals surface area contributed by atoms with Gasteiger partial charge < -0.3 is 9.15 Å². The lowest BCUT2D eigenvalue weighted by Gasteiger charge is -2.00. The summed E-state index contributed by atoms with van der Waals surface area (Å²) in [4.78, 5) is 16.7. The van der Waals surface area contributed by atoms with Crippen LogP contribution in [0, 0.1) is 0 Å². The fourth-order valence-electron chi connectivity index (χ4n) is 2.67. The lowest BCUT2D eigenvalue weighted by molar-refractivity contribution is 0.0520. The predicted molar refractivity (Wildman–Crippen MR) is 96.5 cm³/mol. The van der Waals surface area contributed by atoms with Crippen molar-refractivity contribution < 1.29 is 13.9 Å². The van der Waals surface area contributed by atoms with Gasteiger partial charge in [0.2, 0.25) is 0 Å². The van der Waals surface area contributed by atoms with Crippen LogP contribution in [-0.2, 0) is 11.2 Å². The number of hydrogen-bond acceptors (Lipinski definition) is 5. The molecule has 5 heteroatoms. The number of oxazole rings is 1. The number of aryl methyl sites for hydroxylation is 1. The number of hydrogen-bond donors (Lipinski definition) is 0. The second-order valence-corrected chi connectivity index (χ2v) is 6.52. The zero-order valence-electron chi connectivity index (χ0n) is 14.0. The van der Waals surface area contributed by atoms with Gasteiger partial charge in [0.1, 0.15) is 0 Å². The Kier molecular flexibility index (Phi) is 5.30. The van der Waals surface area contributed by atoms with E-state index in [4.69, 9.17) is 9.15 Å². The van der Waals surface area contributed by atoms with Crippen molar-refractivity contribution in [1.82, 2.24) is 4.98 Å². The Morgan fingerprint density at radius 3 is 2.88 bits per heavy atom. The first kappa shape index (κ1) is 16.7. The zero-order valence-corrected chi connectivity index (χ0v) is 14.8. The van der Waals surface area contributed by atoms with Crippen LogP contribution < -0.4 is 0 Å². The average Bonchev–Trinajstić information content (AvgIpc) is 3.19. The van der Waals surface area contributed by atoms with E-state index in [1.807, 2.05) is 23.6 Å². The van der Waals surface area contributed by atoms with Gasteiger partial charge in [-0.3, -0.25) is 0 Å². The molecule has 0 aliphatic heterocycles. The molecule has 2 aromatic heterocycles. The van der Waals surface area contributed by atoms with Crippen LogP contribution in [0.4, 0.5) is 0 Å². The fourth-order valence-corrected chi connectivity index (χ4v) is 3.61. The number of nitrogens with zero attached hydrogens (tertiary/aromatic N) is 1. The number of unbranched alkanes of at least 4 members (excludes halogenated alkanes) is 2. The molecule has 3 aromatic rings. The molecule has 0 radical (unpaired) electrons. The standard InChI is InChI=1S/C19H21NO3S/c1-3-5-6-11-16-20-17(19(21)22-4-2)18(23-16)14-12-24-15-10-8-7-9-13(14)15/h7-10,12H,3-6,11H2,1-2H3. The lowest BCUT2D eigenvalue weighted by atomic mass is 10.1. The van der Waals surface area contributed by atoms with Crippen molar-refractivity contribution in [3.63, 3.8) is 0 Å². The Morgan fingerprint density at radius 2 is 2.08 bits per heavy atom. The molecule has 0 unspecified atom stereocenters. The van der Waals surface area contributed by atoms with Gasteiger partial charge in [0.25, 0.3) is 0 Å². The highest BCUT2D eigenvalue weighted by Gasteiger charge is 2.24. The van der Waals surface area contributed by atoms with E-state index < -0.39 is 5.97 Å². The summed E-state index contributed by atoms with van der Waals surface area (Å²) in [5, 5.41) is 3.09. The van der Waals surface area contributed by atoms with E-state index in [0.29, 0.717) is 18.3 Å². The first-order chi connectivity index (χ1) is 11.7. The molecule has 0 bridgehead atoms. The minimum Gasteiger partial charge on any atom is -0.461 e. The third-order valence-electron chi connectivity index (χ3n) is 3.86. The van der Waals surface area contributed by atoms with E-state index in [9.17, 15) is 4.79 Å². The summed E-state index contributed by atoms with van der Waals surface area (Å²) in [6, 6.07) is 8.09. The minimum absolute atomic E-state index is 0.284. The van der Waals surface area contributed by atoms with Crippen LogP contribution in [-0.4, -0.2) is 17.6 Å². The van der Waals surface area contributed by atoms with Crippen molar-refractivity contribution in [1.29, 1.82) is 0 Å². The zero-order chi connectivity index (χ0) is 16.9. The van der Waals surface area contributed by atoms with Crippen molar-refractivity contribution >= 4 is 27.4 Å². The van der Waals surface area contributed by atoms with Crippen LogP contribution in [0.1, 0.15) is 49.5 Å². The molecule has 0 saturated heterocycles. The molecular weight excluding hydrogens is 322 g/mol. The van der Waals surface area contributed by atoms with Crippen LogP contribution in [0.15, 0.2) is 34.1 Å². The summed E-state index contributed by atoms with van der Waals surface area (Å²) in [5.41, 5.74) is 1.19. The number of benzene rings is 1. The Balaban J connectivity index is 2.02. The minimum atomic E-state index is -0.423. The molecule has 1 aromatic carbocycles. The first-order valence-electron chi connectivity index (χ1n) is 8.38. The largest absolute Gasteiger partial charge is 0.461 e. The molecule has 0 N–H and O–H groups in total. The second-order valence-electron chi connectivity index (χ2n) is 5.61. The number of esters is 1. The van der Waals surface area contributed by atoms with Crippen molar-refractivity contribution in [3.8, 4) is 11.3 Å². The summed E-state index contributed by atoms with van der Waals surface area (Å²) < 4.78 is 12.3. The Bertz CT molecular complexity index is 834. The SMILES string of the molecule is CCCCCc1nc(C(=O)OCC)c(-c2csc3ccccc23)o1. The number of aromatic nitrogens is 1. The molecule has 126 valence electrons. The van der Waals surface area contributed by atoms with E-state index in [0.717, 1.165) is 41.3 Å². The van der Waals surface area contributed by atoms with Crippen molar-refractivity contribution in [2.45, 2.75) is 39.5 Å². The highest BCUT2D eigenvalue weighted by atomic mass is 32.1. The van der Waals surface area contributed by atoms with Crippen molar-refractivity contribution in [2.75, 3.05) is 6.61 Å². The topological polar surface area (TPSA) is 52.3 Å². The quantitative estimate of drug-likeness (QED) is 0.422. The van der Waals surface area contributed by atoms with Gasteiger partial charge in [-0.2, -0.15) is 0 Å². The van der Waals surface area contributed by atoms with Gasteiger partial charge in [-0.1, -0.05) is 38.0 Å². The van der Waals surface area contributed by atoms with Gasteiger partial charge in [-0.15, -0.1) is 11.3 Å². The lowest BCUT2D eigenvalue weighted by Crippen LogP contribution is -2.06. The van der Waals surface area contributed by atoms with E-state index in [1.54, 1.807) is 18.3 Å². The van der Waals surface area contributed by atoms with Gasteiger partial charge in [0, 0.05) is 27.5 Å². The molecule has 2 heterocycles. The predicted octanol–water partition coefficient (Wildman–Crippen LogP) is 5.47. The van der Waals surface area contributed by atoms with E-state index in [2.05, 4.69) is 18.0 Å². The normalized spacial score (nSPS) is 11.1. The van der Waals surface area contributed by atoms with Crippen LogP contribution in [0.2, 0.25) is 0 Å². The van der Waals surface area contributed by atoms with Gasteiger partial charge in [0.15, 0.2) is 17.3 Å². The number of carbonyl (C=O) groups is 1. The smallest absolute Gasteiger partial charge is 0.360 e. The van der Waals surface area contributed by atoms with Crippen LogP contribution in [0.5, 0.6) is 0 Å². The molecule has 0 spiro atoms. The highest BCUT2D eigenvalue weighted by molar-refractivity contribution is 7.17. The maximum Gasteiger partial charge on any atom is 0.360 e. The number of fused-ring (bicyclic) bond motifs is 1. The Hall–Kier alpha value is -2.14. The second kappa shape index (κ2) is 7.62. The molecular formula is C19H21NO3S. The van der Waals surface area contributed by atoms with Gasteiger partial charge >= 0.3 is 5.97 Å². The third-order valence-corrected chi connectivity index (χ3v) is 4.82. The Morgan fingerprint density at radius 1 is 1.25 bits per heavy atom. The first-order valence-corrected chi connectivity index (χ1v) is 9.26. The molecule has 0 fully saturated rings. The van der Waals surface area contributed by atoms with Gasteiger partial charge in [-0.25, -0.2) is 9.78 Å². The summed E-state index contributed by atoms with van der Waals surface area (Å²) in [6.45, 7) is 4.27. The van der Waals surface area contributed by atoms with E-state index in [1.165, 1.54) is 0 Å².